The fourth-order valence-electron chi connectivity index (χ4n) is 4.14. The van der Waals surface area contributed by atoms with Crippen LogP contribution in [0.1, 0.15) is 36.5 Å². The Bertz CT molecular complexity index is 1320. The number of nitrogens with zero attached hydrogens (tertiary/aromatic N) is 4. The van der Waals surface area contributed by atoms with Gasteiger partial charge in [0.2, 0.25) is 0 Å². The van der Waals surface area contributed by atoms with Crippen LogP contribution < -0.4 is 10.1 Å². The zero-order chi connectivity index (χ0) is 22.8. The minimum absolute atomic E-state index is 0.454. The van der Waals surface area contributed by atoms with E-state index in [9.17, 15) is 5.26 Å². The Kier molecular flexibility index (Phi) is 5.54. The number of pyridine rings is 1. The first kappa shape index (κ1) is 20.8. The summed E-state index contributed by atoms with van der Waals surface area (Å²) in [4.78, 5) is 4.12. The number of benzene rings is 2. The molecule has 3 heterocycles. The van der Waals surface area contributed by atoms with Crippen molar-refractivity contribution in [1.29, 1.82) is 5.26 Å². The zero-order valence-corrected chi connectivity index (χ0v) is 18.7. The first-order valence-corrected chi connectivity index (χ1v) is 11.2. The lowest BCUT2D eigenvalue weighted by Gasteiger charge is -2.12. The molecule has 1 aliphatic rings. The molecule has 0 aliphatic carbocycles. The van der Waals surface area contributed by atoms with E-state index in [4.69, 9.17) is 9.84 Å². The number of aromatic nitrogens is 3. The first-order chi connectivity index (χ1) is 16.1. The lowest BCUT2D eigenvalue weighted by Crippen LogP contribution is -1.99. The summed E-state index contributed by atoms with van der Waals surface area (Å²) in [5.41, 5.74) is 6.55. The summed E-state index contributed by atoms with van der Waals surface area (Å²) >= 11 is 0. The van der Waals surface area contributed by atoms with Crippen LogP contribution in [0.5, 0.6) is 5.75 Å². The van der Waals surface area contributed by atoms with Gasteiger partial charge in [-0.1, -0.05) is 38.1 Å². The number of rotatable bonds is 6. The number of nitriles is 1. The maximum Gasteiger partial charge on any atom is 0.133 e. The van der Waals surface area contributed by atoms with Crippen LogP contribution in [-0.2, 0) is 13.2 Å². The maximum atomic E-state index is 9.96. The van der Waals surface area contributed by atoms with Crippen LogP contribution in [0.4, 0.5) is 5.82 Å². The van der Waals surface area contributed by atoms with Gasteiger partial charge in [-0.3, -0.25) is 4.98 Å². The van der Waals surface area contributed by atoms with E-state index in [1.807, 2.05) is 35.0 Å². The van der Waals surface area contributed by atoms with Crippen molar-refractivity contribution in [3.8, 4) is 34.2 Å². The molecule has 4 aromatic rings. The molecule has 6 heteroatoms. The Labute approximate surface area is 193 Å². The van der Waals surface area contributed by atoms with Gasteiger partial charge < -0.3 is 10.1 Å². The molecule has 33 heavy (non-hydrogen) atoms. The fraction of sp³-hybridized carbons (Fsp3) is 0.222. The van der Waals surface area contributed by atoms with Crippen molar-refractivity contribution >= 4 is 5.82 Å². The summed E-state index contributed by atoms with van der Waals surface area (Å²) < 4.78 is 7.99. The SMILES string of the molecule is CC(C)c1ccc(COc2ccc(-c3c(-c4ccncc4)nn4c3NCC4)c(C#N)c2)cc1. The molecule has 0 atom stereocenters. The normalized spacial score (nSPS) is 12.3. The van der Waals surface area contributed by atoms with Gasteiger partial charge in [-0.2, -0.15) is 10.4 Å². The average molecular weight is 436 g/mol. The van der Waals surface area contributed by atoms with E-state index in [0.29, 0.717) is 23.8 Å². The highest BCUT2D eigenvalue weighted by Gasteiger charge is 2.25. The molecule has 5 rings (SSSR count). The predicted octanol–water partition coefficient (Wildman–Crippen LogP) is 5.61. The van der Waals surface area contributed by atoms with Crippen LogP contribution in [-0.4, -0.2) is 21.3 Å². The van der Waals surface area contributed by atoms with Crippen LogP contribution in [0.15, 0.2) is 67.0 Å². The Balaban J connectivity index is 1.46. The molecule has 0 saturated heterocycles. The van der Waals surface area contributed by atoms with E-state index in [1.54, 1.807) is 12.4 Å². The molecule has 2 aromatic carbocycles. The fourth-order valence-corrected chi connectivity index (χ4v) is 4.14. The quantitative estimate of drug-likeness (QED) is 0.426. The molecular formula is C27H25N5O. The van der Waals surface area contributed by atoms with Gasteiger partial charge in [-0.05, 0) is 47.4 Å². The summed E-state index contributed by atoms with van der Waals surface area (Å²) in [6.07, 6.45) is 3.51. The second-order valence-corrected chi connectivity index (χ2v) is 8.46. The second kappa shape index (κ2) is 8.79. The molecule has 0 unspecified atom stereocenters. The lowest BCUT2D eigenvalue weighted by molar-refractivity contribution is 0.306. The lowest BCUT2D eigenvalue weighted by atomic mass is 9.97. The maximum absolute atomic E-state index is 9.96. The van der Waals surface area contributed by atoms with Crippen LogP contribution >= 0.6 is 0 Å². The largest absolute Gasteiger partial charge is 0.489 e. The van der Waals surface area contributed by atoms with Crippen LogP contribution in [0.3, 0.4) is 0 Å². The molecule has 0 spiro atoms. The Morgan fingerprint density at radius 3 is 2.61 bits per heavy atom. The summed E-state index contributed by atoms with van der Waals surface area (Å²) in [5.74, 6) is 2.12. The van der Waals surface area contributed by atoms with E-state index >= 15 is 0 Å². The smallest absolute Gasteiger partial charge is 0.133 e. The highest BCUT2D eigenvalue weighted by atomic mass is 16.5. The van der Waals surface area contributed by atoms with Crippen molar-refractivity contribution in [2.24, 2.45) is 0 Å². The van der Waals surface area contributed by atoms with Crippen LogP contribution in [0.25, 0.3) is 22.4 Å². The average Bonchev–Trinajstić information content (AvgIpc) is 3.45. The van der Waals surface area contributed by atoms with Crippen molar-refractivity contribution in [2.75, 3.05) is 11.9 Å². The summed E-state index contributed by atoms with van der Waals surface area (Å²) in [6.45, 7) is 6.44. The van der Waals surface area contributed by atoms with Crippen molar-refractivity contribution < 1.29 is 4.74 Å². The minimum atomic E-state index is 0.454. The molecule has 1 N–H and O–H groups in total. The van der Waals surface area contributed by atoms with Gasteiger partial charge in [0.05, 0.1) is 23.7 Å². The number of ether oxygens (including phenoxy) is 1. The Hall–Kier alpha value is -4.11. The number of nitrogens with one attached hydrogen (secondary N) is 1. The molecule has 164 valence electrons. The number of hydrogen-bond acceptors (Lipinski definition) is 5. The van der Waals surface area contributed by atoms with Gasteiger partial charge in [0.15, 0.2) is 0 Å². The molecule has 6 nitrogen and oxygen atoms in total. The summed E-state index contributed by atoms with van der Waals surface area (Å²) in [5, 5.41) is 18.2. The van der Waals surface area contributed by atoms with E-state index in [-0.39, 0.29) is 0 Å². The van der Waals surface area contributed by atoms with Crippen molar-refractivity contribution in [3.05, 3.63) is 83.7 Å². The molecule has 0 fully saturated rings. The summed E-state index contributed by atoms with van der Waals surface area (Å²) in [6, 6.07) is 20.4. The van der Waals surface area contributed by atoms with Gasteiger partial charge in [0.25, 0.3) is 0 Å². The molecule has 2 aromatic heterocycles. The monoisotopic (exact) mass is 435 g/mol. The summed E-state index contributed by atoms with van der Waals surface area (Å²) in [7, 11) is 0. The molecule has 0 saturated carbocycles. The Morgan fingerprint density at radius 2 is 1.88 bits per heavy atom. The van der Waals surface area contributed by atoms with Crippen molar-refractivity contribution in [3.63, 3.8) is 0 Å². The van der Waals surface area contributed by atoms with E-state index < -0.39 is 0 Å². The topological polar surface area (TPSA) is 75.8 Å². The van der Waals surface area contributed by atoms with Crippen LogP contribution in [0, 0.1) is 11.3 Å². The third kappa shape index (κ3) is 4.06. The number of fused-ring (bicyclic) bond motifs is 1. The van der Waals surface area contributed by atoms with E-state index in [0.717, 1.165) is 46.9 Å². The third-order valence-electron chi connectivity index (χ3n) is 5.95. The molecule has 1 aliphatic heterocycles. The first-order valence-electron chi connectivity index (χ1n) is 11.2. The van der Waals surface area contributed by atoms with Crippen molar-refractivity contribution in [1.82, 2.24) is 14.8 Å². The highest BCUT2D eigenvalue weighted by molar-refractivity contribution is 5.91. The zero-order valence-electron chi connectivity index (χ0n) is 18.7. The van der Waals surface area contributed by atoms with Crippen LogP contribution in [0.2, 0.25) is 0 Å². The third-order valence-corrected chi connectivity index (χ3v) is 5.95. The molecule has 0 bridgehead atoms. The van der Waals surface area contributed by atoms with Gasteiger partial charge in [-0.25, -0.2) is 4.68 Å². The van der Waals surface area contributed by atoms with Crippen molar-refractivity contribution in [2.45, 2.75) is 32.9 Å². The van der Waals surface area contributed by atoms with Gasteiger partial charge >= 0.3 is 0 Å². The standard InChI is InChI=1S/C27H25N5O/c1-18(2)20-5-3-19(4-6-20)17-33-23-7-8-24(22(15-23)16-28)25-26(21-9-11-29-12-10-21)31-32-14-13-30-27(25)32/h3-12,15,18,30H,13-14,17H2,1-2H3. The molecule has 0 radical (unpaired) electrons. The minimum Gasteiger partial charge on any atom is -0.489 e. The molecular weight excluding hydrogens is 410 g/mol. The molecule has 0 amide bonds. The number of anilines is 1. The number of hydrogen-bond donors (Lipinski definition) is 1. The van der Waals surface area contributed by atoms with Gasteiger partial charge in [-0.15, -0.1) is 0 Å². The van der Waals surface area contributed by atoms with E-state index in [2.05, 4.69) is 54.5 Å². The second-order valence-electron chi connectivity index (χ2n) is 8.46. The Morgan fingerprint density at radius 1 is 1.09 bits per heavy atom. The van der Waals surface area contributed by atoms with E-state index in [1.165, 1.54) is 5.56 Å². The van der Waals surface area contributed by atoms with Gasteiger partial charge in [0, 0.05) is 30.1 Å². The predicted molar refractivity (Wildman–Crippen MR) is 129 cm³/mol. The highest BCUT2D eigenvalue weighted by Crippen LogP contribution is 2.41. The van der Waals surface area contributed by atoms with Gasteiger partial charge in [0.1, 0.15) is 23.9 Å².